The summed E-state index contributed by atoms with van der Waals surface area (Å²) in [5.74, 6) is -0.360. The molecule has 20 heavy (non-hydrogen) atoms. The van der Waals surface area contributed by atoms with Gasteiger partial charge in [0.25, 0.3) is 0 Å². The van der Waals surface area contributed by atoms with Crippen LogP contribution in [0.3, 0.4) is 0 Å². The first-order valence-electron chi connectivity index (χ1n) is 7.31. The molecule has 0 saturated carbocycles. The zero-order valence-corrected chi connectivity index (χ0v) is 13.1. The van der Waals surface area contributed by atoms with Crippen molar-refractivity contribution in [3.05, 3.63) is 0 Å². The number of rotatable bonds is 6. The Kier molecular flexibility index (Phi) is 5.99. The summed E-state index contributed by atoms with van der Waals surface area (Å²) in [5, 5.41) is 0. The van der Waals surface area contributed by atoms with Crippen LogP contribution in [0.1, 0.15) is 40.5 Å². The molecule has 0 aromatic heterocycles. The molecule has 0 aromatic rings. The van der Waals surface area contributed by atoms with Crippen molar-refractivity contribution >= 4 is 11.9 Å². The molecule has 1 fully saturated rings. The number of esters is 2. The molecule has 0 aliphatic carbocycles. The Hall–Kier alpha value is -1.10. The van der Waals surface area contributed by atoms with E-state index >= 15 is 0 Å². The van der Waals surface area contributed by atoms with E-state index in [0.717, 1.165) is 0 Å². The van der Waals surface area contributed by atoms with Crippen LogP contribution in [0, 0.1) is 23.7 Å². The lowest BCUT2D eigenvalue weighted by atomic mass is 9.85. The van der Waals surface area contributed by atoms with Crippen molar-refractivity contribution in [2.45, 2.75) is 52.7 Å². The molecule has 2 unspecified atom stereocenters. The third-order valence-electron chi connectivity index (χ3n) is 4.17. The van der Waals surface area contributed by atoms with Crippen molar-refractivity contribution in [1.29, 1.82) is 0 Å². The molecule has 0 radical (unpaired) electrons. The molecule has 5 heteroatoms. The molecule has 0 spiro atoms. The van der Waals surface area contributed by atoms with E-state index in [1.54, 1.807) is 0 Å². The average molecular weight is 285 g/mol. The van der Waals surface area contributed by atoms with Crippen LogP contribution in [-0.4, -0.2) is 31.2 Å². The van der Waals surface area contributed by atoms with E-state index in [9.17, 15) is 9.59 Å². The Labute approximate surface area is 121 Å². The van der Waals surface area contributed by atoms with Crippen LogP contribution in [0.25, 0.3) is 0 Å². The fraction of sp³-hybridized carbons (Fsp3) is 0.867. The summed E-state index contributed by atoms with van der Waals surface area (Å²) in [5.41, 5.74) is 6.15. The minimum atomic E-state index is -0.325. The molecule has 0 aromatic carbocycles. The lowest BCUT2D eigenvalue weighted by Crippen LogP contribution is -2.39. The second kappa shape index (κ2) is 7.07. The van der Waals surface area contributed by atoms with Gasteiger partial charge >= 0.3 is 11.9 Å². The van der Waals surface area contributed by atoms with Crippen LogP contribution in [0.15, 0.2) is 0 Å². The van der Waals surface area contributed by atoms with Gasteiger partial charge in [0, 0.05) is 6.04 Å². The molecule has 5 nitrogen and oxygen atoms in total. The van der Waals surface area contributed by atoms with Crippen molar-refractivity contribution in [1.82, 2.24) is 0 Å². The third-order valence-corrected chi connectivity index (χ3v) is 4.17. The van der Waals surface area contributed by atoms with Crippen molar-refractivity contribution in [3.8, 4) is 0 Å². The number of cyclic esters (lactones) is 1. The maximum absolute atomic E-state index is 11.8. The Balaban J connectivity index is 2.64. The average Bonchev–Trinajstić information content (AvgIpc) is 2.76. The van der Waals surface area contributed by atoms with Gasteiger partial charge in [-0.25, -0.2) is 0 Å². The van der Waals surface area contributed by atoms with Crippen LogP contribution < -0.4 is 5.73 Å². The fourth-order valence-corrected chi connectivity index (χ4v) is 2.67. The fourth-order valence-electron chi connectivity index (χ4n) is 2.67. The Bertz CT molecular complexity index is 354. The Morgan fingerprint density at radius 1 is 1.40 bits per heavy atom. The van der Waals surface area contributed by atoms with E-state index in [4.69, 9.17) is 15.2 Å². The van der Waals surface area contributed by atoms with Gasteiger partial charge in [-0.2, -0.15) is 0 Å². The monoisotopic (exact) mass is 285 g/mol. The van der Waals surface area contributed by atoms with Gasteiger partial charge in [0.1, 0.15) is 6.10 Å². The zero-order valence-electron chi connectivity index (χ0n) is 13.1. The van der Waals surface area contributed by atoms with E-state index in [-0.39, 0.29) is 47.8 Å². The van der Waals surface area contributed by atoms with Crippen LogP contribution >= 0.6 is 0 Å². The molecule has 1 heterocycles. The van der Waals surface area contributed by atoms with Crippen LogP contribution in [0.4, 0.5) is 0 Å². The van der Waals surface area contributed by atoms with E-state index in [2.05, 4.69) is 0 Å². The highest BCUT2D eigenvalue weighted by atomic mass is 16.6. The first kappa shape index (κ1) is 17.0. The number of carbonyl (C=O) groups excluding carboxylic acids is 2. The Morgan fingerprint density at radius 3 is 2.40 bits per heavy atom. The number of methoxy groups -OCH3 is 1. The summed E-state index contributed by atoms with van der Waals surface area (Å²) in [6.07, 6.45) is 0.831. The molecule has 1 aliphatic rings. The standard InChI is InChI=1S/C15H27NO4/c1-8(2)10(14(17)19-5)6-12(16)13-7-11(9(3)4)15(18)20-13/h8-13H,6-7,16H2,1-5H3/t10-,11-,12?,13?/m0/s1. The number of hydrogen-bond acceptors (Lipinski definition) is 5. The summed E-state index contributed by atoms with van der Waals surface area (Å²) in [6.45, 7) is 7.94. The van der Waals surface area contributed by atoms with Crippen LogP contribution in [0.2, 0.25) is 0 Å². The predicted molar refractivity (Wildman–Crippen MR) is 75.8 cm³/mol. The normalized spacial score (nSPS) is 25.7. The van der Waals surface area contributed by atoms with Gasteiger partial charge in [0.15, 0.2) is 0 Å². The predicted octanol–water partition coefficient (Wildman–Crippen LogP) is 1.74. The van der Waals surface area contributed by atoms with Gasteiger partial charge in [0.2, 0.25) is 0 Å². The number of ether oxygens (including phenoxy) is 2. The second-order valence-electron chi connectivity index (χ2n) is 6.33. The van der Waals surface area contributed by atoms with Gasteiger partial charge in [-0.05, 0) is 24.7 Å². The lowest BCUT2D eigenvalue weighted by Gasteiger charge is -2.25. The number of carbonyl (C=O) groups is 2. The molecule has 1 rings (SSSR count). The maximum atomic E-state index is 11.8. The van der Waals surface area contributed by atoms with Crippen molar-refractivity contribution in [2.24, 2.45) is 29.4 Å². The smallest absolute Gasteiger partial charge is 0.309 e. The molecule has 116 valence electrons. The highest BCUT2D eigenvalue weighted by Gasteiger charge is 2.40. The van der Waals surface area contributed by atoms with Crippen molar-refractivity contribution in [3.63, 3.8) is 0 Å². The summed E-state index contributed by atoms with van der Waals surface area (Å²) in [6, 6.07) is -0.325. The van der Waals surface area contributed by atoms with Crippen LogP contribution in [0.5, 0.6) is 0 Å². The molecular formula is C15H27NO4. The van der Waals surface area contributed by atoms with Gasteiger partial charge in [0.05, 0.1) is 18.9 Å². The molecule has 1 saturated heterocycles. The third kappa shape index (κ3) is 3.95. The molecule has 1 aliphatic heterocycles. The summed E-state index contributed by atoms with van der Waals surface area (Å²) >= 11 is 0. The Morgan fingerprint density at radius 2 is 2.00 bits per heavy atom. The zero-order chi connectivity index (χ0) is 15.4. The quantitative estimate of drug-likeness (QED) is 0.752. The van der Waals surface area contributed by atoms with E-state index in [1.807, 2.05) is 27.7 Å². The van der Waals surface area contributed by atoms with E-state index in [1.165, 1.54) is 7.11 Å². The summed E-state index contributed by atoms with van der Waals surface area (Å²) in [4.78, 5) is 23.5. The summed E-state index contributed by atoms with van der Waals surface area (Å²) in [7, 11) is 1.38. The minimum Gasteiger partial charge on any atom is -0.469 e. The SMILES string of the molecule is COC(=O)[C@@H](CC(N)C1C[C@@H](C(C)C)C(=O)O1)C(C)C. The summed E-state index contributed by atoms with van der Waals surface area (Å²) < 4.78 is 10.2. The van der Waals surface area contributed by atoms with Gasteiger partial charge in [-0.15, -0.1) is 0 Å². The van der Waals surface area contributed by atoms with Crippen molar-refractivity contribution < 1.29 is 19.1 Å². The lowest BCUT2D eigenvalue weighted by molar-refractivity contribution is -0.148. The highest BCUT2D eigenvalue weighted by molar-refractivity contribution is 5.75. The molecule has 4 atom stereocenters. The van der Waals surface area contributed by atoms with Gasteiger partial charge in [-0.1, -0.05) is 27.7 Å². The van der Waals surface area contributed by atoms with E-state index < -0.39 is 0 Å². The molecule has 0 amide bonds. The topological polar surface area (TPSA) is 78.6 Å². The first-order chi connectivity index (χ1) is 9.27. The first-order valence-corrected chi connectivity index (χ1v) is 7.31. The largest absolute Gasteiger partial charge is 0.469 e. The molecule has 2 N–H and O–H groups in total. The van der Waals surface area contributed by atoms with Gasteiger partial charge in [-0.3, -0.25) is 9.59 Å². The second-order valence-corrected chi connectivity index (χ2v) is 6.33. The minimum absolute atomic E-state index is 0.0818. The maximum Gasteiger partial charge on any atom is 0.309 e. The van der Waals surface area contributed by atoms with Crippen molar-refractivity contribution in [2.75, 3.05) is 7.11 Å². The molecular weight excluding hydrogens is 258 g/mol. The highest BCUT2D eigenvalue weighted by Crippen LogP contribution is 2.31. The number of hydrogen-bond donors (Lipinski definition) is 1. The molecule has 0 bridgehead atoms. The van der Waals surface area contributed by atoms with Gasteiger partial charge < -0.3 is 15.2 Å². The van der Waals surface area contributed by atoms with E-state index in [0.29, 0.717) is 12.8 Å². The number of nitrogens with two attached hydrogens (primary N) is 1. The van der Waals surface area contributed by atoms with Crippen LogP contribution in [-0.2, 0) is 19.1 Å².